The van der Waals surface area contributed by atoms with Gasteiger partial charge in [-0.25, -0.2) is 0 Å². The highest BCUT2D eigenvalue weighted by Gasteiger charge is 2.46. The first-order chi connectivity index (χ1) is 12.4. The van der Waals surface area contributed by atoms with Gasteiger partial charge in [0.1, 0.15) is 0 Å². The first-order valence-corrected chi connectivity index (χ1v) is 10.5. The Balaban J connectivity index is 0.00000210. The molecule has 144 valence electrons. The van der Waals surface area contributed by atoms with E-state index in [0.29, 0.717) is 5.41 Å². The number of likely N-dealkylation sites (tertiary alicyclic amines) is 1. The van der Waals surface area contributed by atoms with E-state index in [1.807, 2.05) is 0 Å². The van der Waals surface area contributed by atoms with Crippen molar-refractivity contribution < 1.29 is 6.22 Å². The van der Waals surface area contributed by atoms with Crippen LogP contribution in [0, 0.1) is 11.3 Å². The smallest absolute Gasteiger partial charge is 0.223 e. The van der Waals surface area contributed by atoms with E-state index in [9.17, 15) is 4.79 Å². The second kappa shape index (κ2) is 6.67. The fraction of sp³-hybridized carbons (Fsp3) is 0.696. The summed E-state index contributed by atoms with van der Waals surface area (Å²) in [6.07, 6.45) is 6.96. The molecule has 1 amide bonds. The Bertz CT molecular complexity index is 669. The second-order valence-corrected chi connectivity index (χ2v) is 10.1. The number of fused-ring (bicyclic) bond motifs is 2. The van der Waals surface area contributed by atoms with Crippen LogP contribution in [0.15, 0.2) is 24.3 Å². The number of hydrogen-bond donors (Lipinski definition) is 1. The number of nitrogens with zero attached hydrogens (tertiary/aromatic N) is 1. The summed E-state index contributed by atoms with van der Waals surface area (Å²) in [6.45, 7) is 10.6. The fourth-order valence-corrected chi connectivity index (χ4v) is 4.83. The molecule has 1 atom stereocenters. The lowest BCUT2D eigenvalue weighted by Gasteiger charge is -2.41. The Labute approximate surface area is 160 Å². The molecule has 1 saturated heterocycles. The number of piperidine rings is 1. The van der Waals surface area contributed by atoms with E-state index in [1.54, 1.807) is 0 Å². The van der Waals surface area contributed by atoms with Crippen molar-refractivity contribution in [3.63, 3.8) is 0 Å². The van der Waals surface area contributed by atoms with Crippen molar-refractivity contribution in [1.82, 2.24) is 10.2 Å². The molecule has 1 heterocycles. The highest BCUT2D eigenvalue weighted by atomic mass is 16.2. The summed E-state index contributed by atoms with van der Waals surface area (Å²) in [7, 11) is 0. The van der Waals surface area contributed by atoms with E-state index >= 15 is 0 Å². The van der Waals surface area contributed by atoms with Crippen LogP contribution >= 0.6 is 0 Å². The highest BCUT2D eigenvalue weighted by molar-refractivity contribution is 5.81. The Morgan fingerprint density at radius 2 is 1.92 bits per heavy atom. The molecular weight excluding hydrogens is 320 g/mol. The number of hydrogen-bond acceptors (Lipinski definition) is 2. The quantitative estimate of drug-likeness (QED) is 0.850. The van der Waals surface area contributed by atoms with Crippen LogP contribution in [0.1, 0.15) is 77.9 Å². The zero-order valence-corrected chi connectivity index (χ0v) is 16.7. The summed E-state index contributed by atoms with van der Waals surface area (Å²) in [5.41, 5.74) is 3.57. The molecule has 1 aromatic rings. The number of amides is 1. The Morgan fingerprint density at radius 1 is 1.23 bits per heavy atom. The first kappa shape index (κ1) is 18.0. The maximum absolute atomic E-state index is 12.4. The van der Waals surface area contributed by atoms with Crippen molar-refractivity contribution in [3.8, 4) is 0 Å². The van der Waals surface area contributed by atoms with Crippen molar-refractivity contribution in [2.24, 2.45) is 11.3 Å². The summed E-state index contributed by atoms with van der Waals surface area (Å²) in [5, 5.41) is 3.37. The lowest BCUT2D eigenvalue weighted by Crippen LogP contribution is -2.43. The molecule has 0 unspecified atom stereocenters. The van der Waals surface area contributed by atoms with Crippen LogP contribution in [0.25, 0.3) is 0 Å². The number of carbonyl (C=O) groups is 1. The molecule has 1 aliphatic heterocycles. The molecule has 3 heteroatoms. The van der Waals surface area contributed by atoms with Gasteiger partial charge in [-0.1, -0.05) is 45.0 Å². The normalized spacial score (nSPS) is 25.3. The fourth-order valence-electron chi connectivity index (χ4n) is 4.83. The molecule has 0 bridgehead atoms. The average Bonchev–Trinajstić information content (AvgIpc) is 3.41. The Kier molecular flexibility index (Phi) is 4.63. The molecule has 0 aromatic heterocycles. The molecule has 2 fully saturated rings. The predicted octanol–water partition coefficient (Wildman–Crippen LogP) is 4.67. The van der Waals surface area contributed by atoms with Crippen molar-refractivity contribution in [2.45, 2.75) is 70.8 Å². The van der Waals surface area contributed by atoms with Crippen LogP contribution in [0.4, 0.5) is 0 Å². The second-order valence-electron chi connectivity index (χ2n) is 10.1. The zero-order valence-electron chi connectivity index (χ0n) is 16.7. The maximum atomic E-state index is 12.4. The van der Waals surface area contributed by atoms with Gasteiger partial charge in [-0.05, 0) is 74.7 Å². The van der Waals surface area contributed by atoms with Gasteiger partial charge in [0.05, 0.1) is 6.04 Å². The van der Waals surface area contributed by atoms with Crippen LogP contribution in [0.5, 0.6) is 0 Å². The van der Waals surface area contributed by atoms with Gasteiger partial charge in [-0.2, -0.15) is 0 Å². The molecular formula is C23H36N2O. The lowest BCUT2D eigenvalue weighted by atomic mass is 9.73. The Hall–Kier alpha value is -1.35. The molecule has 0 radical (unpaired) electrons. The zero-order chi connectivity index (χ0) is 18.4. The van der Waals surface area contributed by atoms with E-state index in [4.69, 9.17) is 0 Å². The van der Waals surface area contributed by atoms with Crippen molar-refractivity contribution in [3.05, 3.63) is 35.4 Å². The largest absolute Gasteiger partial charge is 0.349 e. The van der Waals surface area contributed by atoms with Crippen molar-refractivity contribution in [2.75, 3.05) is 19.6 Å². The van der Waals surface area contributed by atoms with E-state index in [2.05, 4.69) is 55.3 Å². The third kappa shape index (κ3) is 3.69. The summed E-state index contributed by atoms with van der Waals surface area (Å²) in [5.74, 6) is 0.572. The standard InChI is InChI=1S/C23H34N2O.H2/c1-22(2,3)10-13-25-14-11-23(12-15-25)16-20(24-21(26)17-8-9-17)18-6-4-5-7-19(18)23;/h4-7,17,20H,8-16H2,1-3H3,(H,24,26);1H/t20-;/m0./s1. The van der Waals surface area contributed by atoms with Gasteiger partial charge in [0.2, 0.25) is 5.91 Å². The van der Waals surface area contributed by atoms with Crippen molar-refractivity contribution >= 4 is 5.91 Å². The molecule has 1 saturated carbocycles. The summed E-state index contributed by atoms with van der Waals surface area (Å²) >= 11 is 0. The third-order valence-electron chi connectivity index (χ3n) is 6.76. The number of benzene rings is 1. The molecule has 3 aliphatic rings. The summed E-state index contributed by atoms with van der Waals surface area (Å²) in [4.78, 5) is 15.0. The van der Waals surface area contributed by atoms with Gasteiger partial charge in [0.25, 0.3) is 0 Å². The van der Waals surface area contributed by atoms with Crippen LogP contribution < -0.4 is 5.32 Å². The van der Waals surface area contributed by atoms with Crippen LogP contribution in [-0.2, 0) is 10.2 Å². The first-order valence-electron chi connectivity index (χ1n) is 10.5. The van der Waals surface area contributed by atoms with Gasteiger partial charge < -0.3 is 10.2 Å². The average molecular weight is 357 g/mol. The van der Waals surface area contributed by atoms with Gasteiger partial charge in [0, 0.05) is 12.8 Å². The predicted molar refractivity (Wildman–Crippen MR) is 108 cm³/mol. The number of rotatable bonds is 4. The monoisotopic (exact) mass is 356 g/mol. The summed E-state index contributed by atoms with van der Waals surface area (Å²) in [6, 6.07) is 9.10. The SMILES string of the molecule is CC(C)(C)CCN1CCC2(CC1)C[C@H](NC(=O)C1CC1)c1ccccc12.[HH]. The minimum Gasteiger partial charge on any atom is -0.349 e. The van der Waals surface area contributed by atoms with Gasteiger partial charge in [-0.15, -0.1) is 0 Å². The van der Waals surface area contributed by atoms with E-state index < -0.39 is 0 Å². The minimum atomic E-state index is 0. The molecule has 1 aromatic carbocycles. The van der Waals surface area contributed by atoms with E-state index in [1.165, 1.54) is 50.0 Å². The topological polar surface area (TPSA) is 32.3 Å². The number of carbonyl (C=O) groups excluding carboxylic acids is 1. The van der Waals surface area contributed by atoms with Crippen molar-refractivity contribution in [1.29, 1.82) is 0 Å². The third-order valence-corrected chi connectivity index (χ3v) is 6.76. The molecule has 26 heavy (non-hydrogen) atoms. The van der Waals surface area contributed by atoms with Crippen LogP contribution in [0.3, 0.4) is 0 Å². The van der Waals surface area contributed by atoms with E-state index in [0.717, 1.165) is 19.3 Å². The molecule has 1 spiro atoms. The molecule has 4 rings (SSSR count). The molecule has 2 aliphatic carbocycles. The molecule has 3 nitrogen and oxygen atoms in total. The van der Waals surface area contributed by atoms with Gasteiger partial charge in [0.15, 0.2) is 0 Å². The van der Waals surface area contributed by atoms with Crippen LogP contribution in [-0.4, -0.2) is 30.4 Å². The van der Waals surface area contributed by atoms with Gasteiger partial charge in [-0.3, -0.25) is 4.79 Å². The minimum absolute atomic E-state index is 0. The lowest BCUT2D eigenvalue weighted by molar-refractivity contribution is -0.123. The Morgan fingerprint density at radius 3 is 2.58 bits per heavy atom. The summed E-state index contributed by atoms with van der Waals surface area (Å²) < 4.78 is 0. The highest BCUT2D eigenvalue weighted by Crippen LogP contribution is 2.51. The van der Waals surface area contributed by atoms with E-state index in [-0.39, 0.29) is 24.7 Å². The van der Waals surface area contributed by atoms with Crippen LogP contribution in [0.2, 0.25) is 0 Å². The maximum Gasteiger partial charge on any atom is 0.223 e. The number of nitrogens with one attached hydrogen (secondary N) is 1. The molecule has 1 N–H and O–H groups in total. The van der Waals surface area contributed by atoms with Gasteiger partial charge >= 0.3 is 0 Å².